The monoisotopic (exact) mass is 288 g/mol. The van der Waals surface area contributed by atoms with Crippen LogP contribution in [0.3, 0.4) is 0 Å². The number of rotatable bonds is 7. The van der Waals surface area contributed by atoms with Crippen molar-refractivity contribution in [3.8, 4) is 0 Å². The zero-order valence-corrected chi connectivity index (χ0v) is 13.9. The number of likely N-dealkylation sites (N-methyl/N-ethyl adjacent to an activating group) is 1. The lowest BCUT2D eigenvalue weighted by Gasteiger charge is -2.26. The maximum atomic E-state index is 5.96. The van der Waals surface area contributed by atoms with Gasteiger partial charge in [-0.15, -0.1) is 0 Å². The number of fused-ring (bicyclic) bond motifs is 1. The number of hydrogen-bond acceptors (Lipinski definition) is 3. The van der Waals surface area contributed by atoms with E-state index in [0.717, 1.165) is 17.9 Å². The number of furan rings is 1. The molecule has 0 aliphatic rings. The first-order valence-corrected chi connectivity index (χ1v) is 7.85. The van der Waals surface area contributed by atoms with Crippen molar-refractivity contribution in [1.82, 2.24) is 10.2 Å². The fourth-order valence-corrected chi connectivity index (χ4v) is 2.86. The minimum absolute atomic E-state index is 0.223. The SMILES string of the molecule is CC(C)CC(CN(C)C)NC(C)c1cc2ccccc2o1. The van der Waals surface area contributed by atoms with Crippen LogP contribution in [0.1, 0.15) is 39.0 Å². The molecule has 0 spiro atoms. The van der Waals surface area contributed by atoms with Crippen molar-refractivity contribution in [2.24, 2.45) is 5.92 Å². The molecule has 2 unspecified atom stereocenters. The molecule has 3 heteroatoms. The van der Waals surface area contributed by atoms with E-state index in [1.54, 1.807) is 0 Å². The molecule has 0 bridgehead atoms. The molecule has 0 amide bonds. The molecule has 0 aliphatic heterocycles. The Morgan fingerprint density at radius 1 is 1.14 bits per heavy atom. The number of para-hydroxylation sites is 1. The van der Waals surface area contributed by atoms with Gasteiger partial charge in [0.05, 0.1) is 6.04 Å². The quantitative estimate of drug-likeness (QED) is 0.833. The van der Waals surface area contributed by atoms with Crippen LogP contribution in [-0.2, 0) is 0 Å². The normalized spacial score (nSPS) is 15.0. The Labute approximate surface area is 128 Å². The summed E-state index contributed by atoms with van der Waals surface area (Å²) in [6.07, 6.45) is 1.17. The summed E-state index contributed by atoms with van der Waals surface area (Å²) in [4.78, 5) is 2.24. The van der Waals surface area contributed by atoms with E-state index in [9.17, 15) is 0 Å². The summed E-state index contributed by atoms with van der Waals surface area (Å²) >= 11 is 0. The molecular formula is C18H28N2O. The molecule has 0 aliphatic carbocycles. The molecule has 1 aromatic carbocycles. The lowest BCUT2D eigenvalue weighted by atomic mass is 10.0. The second-order valence-corrected chi connectivity index (χ2v) is 6.66. The van der Waals surface area contributed by atoms with Gasteiger partial charge in [-0.25, -0.2) is 0 Å². The molecule has 2 atom stereocenters. The van der Waals surface area contributed by atoms with Gasteiger partial charge in [0.2, 0.25) is 0 Å². The van der Waals surface area contributed by atoms with E-state index >= 15 is 0 Å². The van der Waals surface area contributed by atoms with Crippen molar-refractivity contribution in [2.45, 2.75) is 39.3 Å². The fourth-order valence-electron chi connectivity index (χ4n) is 2.86. The van der Waals surface area contributed by atoms with Crippen LogP contribution in [0.15, 0.2) is 34.7 Å². The third kappa shape index (κ3) is 4.58. The lowest BCUT2D eigenvalue weighted by molar-refractivity contribution is 0.281. The summed E-state index contributed by atoms with van der Waals surface area (Å²) in [5.41, 5.74) is 0.967. The van der Waals surface area contributed by atoms with E-state index in [-0.39, 0.29) is 6.04 Å². The van der Waals surface area contributed by atoms with E-state index in [0.29, 0.717) is 12.0 Å². The topological polar surface area (TPSA) is 28.4 Å². The number of nitrogens with zero attached hydrogens (tertiary/aromatic N) is 1. The van der Waals surface area contributed by atoms with Crippen LogP contribution in [0.4, 0.5) is 0 Å². The van der Waals surface area contributed by atoms with Crippen molar-refractivity contribution in [3.05, 3.63) is 36.1 Å². The van der Waals surface area contributed by atoms with Gasteiger partial charge < -0.3 is 14.6 Å². The van der Waals surface area contributed by atoms with Crippen LogP contribution in [0.2, 0.25) is 0 Å². The van der Waals surface area contributed by atoms with Gasteiger partial charge in [-0.2, -0.15) is 0 Å². The molecule has 2 aromatic rings. The number of hydrogen-bond donors (Lipinski definition) is 1. The van der Waals surface area contributed by atoms with E-state index in [4.69, 9.17) is 4.42 Å². The zero-order chi connectivity index (χ0) is 15.4. The lowest BCUT2D eigenvalue weighted by Crippen LogP contribution is -2.40. The van der Waals surface area contributed by atoms with E-state index in [1.165, 1.54) is 11.8 Å². The van der Waals surface area contributed by atoms with Crippen LogP contribution < -0.4 is 5.32 Å². The zero-order valence-electron chi connectivity index (χ0n) is 13.9. The second kappa shape index (κ2) is 7.10. The Bertz CT molecular complexity index is 516. The molecule has 0 saturated carbocycles. The van der Waals surface area contributed by atoms with E-state index in [2.05, 4.69) is 57.2 Å². The highest BCUT2D eigenvalue weighted by molar-refractivity contribution is 5.77. The Morgan fingerprint density at radius 3 is 2.48 bits per heavy atom. The highest BCUT2D eigenvalue weighted by Crippen LogP contribution is 2.24. The van der Waals surface area contributed by atoms with Crippen LogP contribution in [0.25, 0.3) is 11.0 Å². The van der Waals surface area contributed by atoms with Gasteiger partial charge in [0.15, 0.2) is 0 Å². The van der Waals surface area contributed by atoms with Gasteiger partial charge >= 0.3 is 0 Å². The average molecular weight is 288 g/mol. The Hall–Kier alpha value is -1.32. The van der Waals surface area contributed by atoms with Gasteiger partial charge in [0.25, 0.3) is 0 Å². The van der Waals surface area contributed by atoms with Crippen molar-refractivity contribution in [2.75, 3.05) is 20.6 Å². The molecular weight excluding hydrogens is 260 g/mol. The summed E-state index contributed by atoms with van der Waals surface area (Å²) in [5, 5.41) is 4.90. The molecule has 0 saturated heterocycles. The largest absolute Gasteiger partial charge is 0.459 e. The van der Waals surface area contributed by atoms with Crippen molar-refractivity contribution < 1.29 is 4.42 Å². The number of nitrogens with one attached hydrogen (secondary N) is 1. The first-order chi connectivity index (χ1) is 9.95. The first kappa shape index (κ1) is 16.1. The molecule has 116 valence electrons. The fraction of sp³-hybridized carbons (Fsp3) is 0.556. The maximum Gasteiger partial charge on any atom is 0.134 e. The van der Waals surface area contributed by atoms with Crippen LogP contribution in [-0.4, -0.2) is 31.6 Å². The van der Waals surface area contributed by atoms with Crippen LogP contribution >= 0.6 is 0 Å². The maximum absolute atomic E-state index is 5.96. The van der Waals surface area contributed by atoms with Crippen LogP contribution in [0, 0.1) is 5.92 Å². The van der Waals surface area contributed by atoms with Crippen molar-refractivity contribution in [1.29, 1.82) is 0 Å². The Kier molecular flexibility index (Phi) is 5.43. The highest BCUT2D eigenvalue weighted by atomic mass is 16.3. The smallest absolute Gasteiger partial charge is 0.134 e. The van der Waals surface area contributed by atoms with E-state index in [1.807, 2.05) is 18.2 Å². The predicted octanol–water partition coefficient (Wildman–Crippen LogP) is 4.06. The highest BCUT2D eigenvalue weighted by Gasteiger charge is 2.18. The van der Waals surface area contributed by atoms with E-state index < -0.39 is 0 Å². The summed E-state index contributed by atoms with van der Waals surface area (Å²) in [7, 11) is 4.25. The standard InChI is InChI=1S/C18H28N2O/c1-13(2)10-16(12-20(4)5)19-14(3)18-11-15-8-6-7-9-17(15)21-18/h6-9,11,13-14,16,19H,10,12H2,1-5H3. The summed E-state index contributed by atoms with van der Waals surface area (Å²) in [6, 6.07) is 11.0. The van der Waals surface area contributed by atoms with Crippen molar-refractivity contribution in [3.63, 3.8) is 0 Å². The molecule has 0 fully saturated rings. The molecule has 21 heavy (non-hydrogen) atoms. The third-order valence-corrected chi connectivity index (χ3v) is 3.70. The minimum atomic E-state index is 0.223. The van der Waals surface area contributed by atoms with Crippen molar-refractivity contribution >= 4 is 11.0 Å². The summed E-state index contributed by atoms with van der Waals surface area (Å²) in [5.74, 6) is 1.70. The molecule has 1 N–H and O–H groups in total. The predicted molar refractivity (Wildman–Crippen MR) is 89.6 cm³/mol. The average Bonchev–Trinajstić information content (AvgIpc) is 2.80. The van der Waals surface area contributed by atoms with Gasteiger partial charge in [0, 0.05) is 18.0 Å². The van der Waals surface area contributed by atoms with Gasteiger partial charge in [-0.3, -0.25) is 0 Å². The molecule has 1 heterocycles. The van der Waals surface area contributed by atoms with Gasteiger partial charge in [-0.1, -0.05) is 32.0 Å². The number of benzene rings is 1. The van der Waals surface area contributed by atoms with Gasteiger partial charge in [-0.05, 0) is 45.5 Å². The van der Waals surface area contributed by atoms with Gasteiger partial charge in [0.1, 0.15) is 11.3 Å². The van der Waals surface area contributed by atoms with Crippen LogP contribution in [0.5, 0.6) is 0 Å². The Morgan fingerprint density at radius 2 is 1.86 bits per heavy atom. The Balaban J connectivity index is 2.07. The third-order valence-electron chi connectivity index (χ3n) is 3.70. The summed E-state index contributed by atoms with van der Waals surface area (Å²) in [6.45, 7) is 7.77. The molecule has 0 radical (unpaired) electrons. The molecule has 2 rings (SSSR count). The second-order valence-electron chi connectivity index (χ2n) is 6.66. The summed E-state index contributed by atoms with van der Waals surface area (Å²) < 4.78 is 5.96. The molecule has 3 nitrogen and oxygen atoms in total. The molecule has 1 aromatic heterocycles. The minimum Gasteiger partial charge on any atom is -0.459 e. The first-order valence-electron chi connectivity index (χ1n) is 7.85.